The molecular weight excluding hydrogens is 248 g/mol. The zero-order valence-electron chi connectivity index (χ0n) is 10.0. The predicted molar refractivity (Wildman–Crippen MR) is 80.9 cm³/mol. The molecule has 1 aliphatic rings. The van der Waals surface area contributed by atoms with Crippen molar-refractivity contribution in [1.82, 2.24) is 5.32 Å². The summed E-state index contributed by atoms with van der Waals surface area (Å²) in [4.78, 5) is 0. The van der Waals surface area contributed by atoms with E-state index in [1.165, 1.54) is 17.7 Å². The second-order valence-corrected chi connectivity index (χ2v) is 5.75. The summed E-state index contributed by atoms with van der Waals surface area (Å²) < 4.78 is 0.896. The van der Waals surface area contributed by atoms with E-state index in [9.17, 15) is 0 Å². The molecule has 2 N–H and O–H groups in total. The van der Waals surface area contributed by atoms with Gasteiger partial charge in [-0.25, -0.2) is 0 Å². The van der Waals surface area contributed by atoms with Crippen LogP contribution >= 0.6 is 24.0 Å². The molecule has 0 amide bonds. The molecule has 1 atom stereocenters. The van der Waals surface area contributed by atoms with Gasteiger partial charge in [0.1, 0.15) is 4.32 Å². The first-order chi connectivity index (χ1) is 8.29. The molecule has 1 aromatic rings. The first-order valence-electron chi connectivity index (χ1n) is 5.96. The average Bonchev–Trinajstić information content (AvgIpc) is 2.76. The van der Waals surface area contributed by atoms with E-state index in [2.05, 4.69) is 34.9 Å². The summed E-state index contributed by atoms with van der Waals surface area (Å²) in [7, 11) is 0. The van der Waals surface area contributed by atoms with Gasteiger partial charge in [0.05, 0.1) is 0 Å². The van der Waals surface area contributed by atoms with Gasteiger partial charge in [0, 0.05) is 18.3 Å². The molecule has 0 saturated heterocycles. The third-order valence-corrected chi connectivity index (χ3v) is 4.19. The molecular formula is C13H18N2S2. The molecule has 0 spiro atoms. The van der Waals surface area contributed by atoms with Crippen molar-refractivity contribution < 1.29 is 0 Å². The molecule has 0 aromatic heterocycles. The standard InChI is InChI=1S/C13H18N2S2/c1-17-13(16)14-8-4-6-11-9-10-5-2-3-7-12(10)15-11/h2-3,5,7,11,15H,4,6,8-9H2,1H3,(H,14,16). The molecule has 1 aliphatic heterocycles. The van der Waals surface area contributed by atoms with Crippen LogP contribution in [0.4, 0.5) is 5.69 Å². The first kappa shape index (κ1) is 12.7. The zero-order chi connectivity index (χ0) is 12.1. The van der Waals surface area contributed by atoms with Gasteiger partial charge in [-0.05, 0) is 37.1 Å². The van der Waals surface area contributed by atoms with Gasteiger partial charge in [-0.1, -0.05) is 30.4 Å². The normalized spacial score (nSPS) is 17.4. The van der Waals surface area contributed by atoms with Gasteiger partial charge in [-0.15, -0.1) is 11.8 Å². The number of hydrogen-bond donors (Lipinski definition) is 2. The third-order valence-electron chi connectivity index (χ3n) is 3.03. The molecule has 92 valence electrons. The van der Waals surface area contributed by atoms with Crippen LogP contribution in [-0.4, -0.2) is 23.2 Å². The summed E-state index contributed by atoms with van der Waals surface area (Å²) >= 11 is 6.70. The summed E-state index contributed by atoms with van der Waals surface area (Å²) in [5.41, 5.74) is 2.76. The molecule has 1 heterocycles. The van der Waals surface area contributed by atoms with Crippen LogP contribution in [0.25, 0.3) is 0 Å². The monoisotopic (exact) mass is 266 g/mol. The van der Waals surface area contributed by atoms with Gasteiger partial charge in [-0.2, -0.15) is 0 Å². The van der Waals surface area contributed by atoms with Crippen LogP contribution in [0.5, 0.6) is 0 Å². The van der Waals surface area contributed by atoms with Gasteiger partial charge >= 0.3 is 0 Å². The molecule has 1 aromatic carbocycles. The maximum Gasteiger partial charge on any atom is 0.133 e. The van der Waals surface area contributed by atoms with Gasteiger partial charge in [0.2, 0.25) is 0 Å². The van der Waals surface area contributed by atoms with Crippen molar-refractivity contribution in [3.63, 3.8) is 0 Å². The average molecular weight is 266 g/mol. The van der Waals surface area contributed by atoms with Gasteiger partial charge in [0.25, 0.3) is 0 Å². The lowest BCUT2D eigenvalue weighted by atomic mass is 10.1. The molecule has 2 nitrogen and oxygen atoms in total. The van der Waals surface area contributed by atoms with E-state index >= 15 is 0 Å². The van der Waals surface area contributed by atoms with Crippen molar-refractivity contribution in [1.29, 1.82) is 0 Å². The summed E-state index contributed by atoms with van der Waals surface area (Å²) in [6, 6.07) is 9.17. The number of benzene rings is 1. The number of rotatable bonds is 4. The third kappa shape index (κ3) is 3.61. The van der Waals surface area contributed by atoms with Crippen LogP contribution < -0.4 is 10.6 Å². The number of para-hydroxylation sites is 1. The topological polar surface area (TPSA) is 24.1 Å². The quantitative estimate of drug-likeness (QED) is 0.646. The van der Waals surface area contributed by atoms with Crippen molar-refractivity contribution in [2.24, 2.45) is 0 Å². The fourth-order valence-corrected chi connectivity index (χ4v) is 2.51. The summed E-state index contributed by atoms with van der Waals surface area (Å²) in [6.45, 7) is 0.980. The predicted octanol–water partition coefficient (Wildman–Crippen LogP) is 3.04. The van der Waals surface area contributed by atoms with Crippen LogP contribution in [0.3, 0.4) is 0 Å². The Hall–Kier alpha value is -0.740. The second-order valence-electron chi connectivity index (χ2n) is 4.26. The van der Waals surface area contributed by atoms with E-state index in [0.717, 1.165) is 23.7 Å². The number of anilines is 1. The molecule has 0 aliphatic carbocycles. The molecule has 4 heteroatoms. The van der Waals surface area contributed by atoms with Crippen LogP contribution in [0, 0.1) is 0 Å². The smallest absolute Gasteiger partial charge is 0.133 e. The Morgan fingerprint density at radius 1 is 1.53 bits per heavy atom. The van der Waals surface area contributed by atoms with Crippen molar-refractivity contribution in [3.8, 4) is 0 Å². The lowest BCUT2D eigenvalue weighted by Gasteiger charge is -2.11. The lowest BCUT2D eigenvalue weighted by molar-refractivity contribution is 0.625. The summed E-state index contributed by atoms with van der Waals surface area (Å²) in [6.07, 6.45) is 5.51. The Balaban J connectivity index is 1.68. The maximum absolute atomic E-state index is 5.10. The highest BCUT2D eigenvalue weighted by Crippen LogP contribution is 2.26. The highest BCUT2D eigenvalue weighted by molar-refractivity contribution is 8.22. The zero-order valence-corrected chi connectivity index (χ0v) is 11.7. The Morgan fingerprint density at radius 3 is 3.12 bits per heavy atom. The fourth-order valence-electron chi connectivity index (χ4n) is 2.16. The Bertz CT molecular complexity index is 368. The lowest BCUT2D eigenvalue weighted by Crippen LogP contribution is -2.22. The Morgan fingerprint density at radius 2 is 2.35 bits per heavy atom. The number of hydrogen-bond acceptors (Lipinski definition) is 3. The SMILES string of the molecule is CSC(=S)NCCCC1Cc2ccccc2N1. The van der Waals surface area contributed by atoms with Crippen LogP contribution in [0.15, 0.2) is 24.3 Å². The second kappa shape index (κ2) is 6.26. The molecule has 0 fully saturated rings. The van der Waals surface area contributed by atoms with Crippen LogP contribution in [0.2, 0.25) is 0 Å². The number of fused-ring (bicyclic) bond motifs is 1. The Kier molecular flexibility index (Phi) is 4.68. The highest BCUT2D eigenvalue weighted by atomic mass is 32.2. The summed E-state index contributed by atoms with van der Waals surface area (Å²) in [5.74, 6) is 0. The Labute approximate surface area is 113 Å². The number of thiocarbonyl (C=S) groups is 1. The van der Waals surface area contributed by atoms with Crippen molar-refractivity contribution in [2.45, 2.75) is 25.3 Å². The highest BCUT2D eigenvalue weighted by Gasteiger charge is 2.18. The molecule has 17 heavy (non-hydrogen) atoms. The van der Waals surface area contributed by atoms with Crippen LogP contribution in [0.1, 0.15) is 18.4 Å². The van der Waals surface area contributed by atoms with Gasteiger partial charge < -0.3 is 10.6 Å². The largest absolute Gasteiger partial charge is 0.382 e. The molecule has 0 bridgehead atoms. The molecule has 1 unspecified atom stereocenters. The van der Waals surface area contributed by atoms with E-state index in [0.29, 0.717) is 6.04 Å². The van der Waals surface area contributed by atoms with E-state index in [1.54, 1.807) is 11.8 Å². The first-order valence-corrected chi connectivity index (χ1v) is 7.59. The van der Waals surface area contributed by atoms with Crippen molar-refractivity contribution >= 4 is 34.0 Å². The molecule has 2 rings (SSSR count). The minimum Gasteiger partial charge on any atom is -0.382 e. The van der Waals surface area contributed by atoms with E-state index in [1.807, 2.05) is 6.26 Å². The van der Waals surface area contributed by atoms with Gasteiger partial charge in [-0.3, -0.25) is 0 Å². The van der Waals surface area contributed by atoms with Crippen LogP contribution in [-0.2, 0) is 6.42 Å². The fraction of sp³-hybridized carbons (Fsp3) is 0.462. The molecule has 0 radical (unpaired) electrons. The maximum atomic E-state index is 5.10. The minimum absolute atomic E-state index is 0.594. The van der Waals surface area contributed by atoms with Gasteiger partial charge in [0.15, 0.2) is 0 Å². The van der Waals surface area contributed by atoms with E-state index in [-0.39, 0.29) is 0 Å². The van der Waals surface area contributed by atoms with Crippen molar-refractivity contribution in [3.05, 3.63) is 29.8 Å². The van der Waals surface area contributed by atoms with E-state index < -0.39 is 0 Å². The molecule has 0 saturated carbocycles. The minimum atomic E-state index is 0.594. The number of nitrogens with one attached hydrogen (secondary N) is 2. The van der Waals surface area contributed by atoms with E-state index in [4.69, 9.17) is 12.2 Å². The summed E-state index contributed by atoms with van der Waals surface area (Å²) in [5, 5.41) is 6.81. The number of thioether (sulfide) groups is 1. The van der Waals surface area contributed by atoms with Crippen molar-refractivity contribution in [2.75, 3.05) is 18.1 Å².